The fourth-order valence-electron chi connectivity index (χ4n) is 2.23. The average molecular weight is 283 g/mol. The van der Waals surface area contributed by atoms with Gasteiger partial charge in [0.15, 0.2) is 0 Å². The number of rotatable bonds is 1. The Labute approximate surface area is 101 Å². The molecule has 2 nitrogen and oxygen atoms in total. The second-order valence-electron chi connectivity index (χ2n) is 3.91. The molecule has 0 fully saturated rings. The lowest BCUT2D eigenvalue weighted by atomic mass is 9.98. The molecule has 0 amide bonds. The maximum atomic E-state index is 3.50. The van der Waals surface area contributed by atoms with Crippen LogP contribution in [0.5, 0.6) is 0 Å². The van der Waals surface area contributed by atoms with Crippen molar-refractivity contribution < 1.29 is 0 Å². The van der Waals surface area contributed by atoms with E-state index in [0.717, 1.165) is 11.1 Å². The van der Waals surface area contributed by atoms with E-state index in [2.05, 4.69) is 55.8 Å². The third-order valence-electron chi connectivity index (χ3n) is 2.95. The highest BCUT2D eigenvalue weighted by Crippen LogP contribution is 2.40. The molecule has 1 N–H and O–H groups in total. The van der Waals surface area contributed by atoms with Crippen LogP contribution in [0.15, 0.2) is 27.5 Å². The summed E-state index contributed by atoms with van der Waals surface area (Å²) >= 11 is 5.27. The maximum absolute atomic E-state index is 3.50. The molecule has 0 bridgehead atoms. The first-order chi connectivity index (χ1) is 7.25. The van der Waals surface area contributed by atoms with Crippen molar-refractivity contribution in [3.05, 3.63) is 38.6 Å². The standard InChI is InChI=1S/C11H11BrN2S/c1-14-5-9(7-2-3-15-6-7)8-4-10(12)13-11(8)14/h2-4,6,9,13H,5H2,1H3. The molecule has 4 heteroatoms. The quantitative estimate of drug-likeness (QED) is 0.849. The van der Waals surface area contributed by atoms with Gasteiger partial charge in [-0.1, -0.05) is 0 Å². The topological polar surface area (TPSA) is 19.0 Å². The molecule has 0 saturated carbocycles. The molecule has 0 saturated heterocycles. The summed E-state index contributed by atoms with van der Waals surface area (Å²) in [6.07, 6.45) is 0. The number of aromatic amines is 1. The Morgan fingerprint density at radius 2 is 2.47 bits per heavy atom. The Bertz CT molecular complexity index is 475. The fraction of sp³-hybridized carbons (Fsp3) is 0.273. The van der Waals surface area contributed by atoms with Crippen molar-refractivity contribution in [2.24, 2.45) is 0 Å². The summed E-state index contributed by atoms with van der Waals surface area (Å²) in [4.78, 5) is 5.62. The minimum Gasteiger partial charge on any atom is -0.360 e. The molecule has 0 aliphatic carbocycles. The number of aromatic nitrogens is 1. The Morgan fingerprint density at radius 1 is 1.60 bits per heavy atom. The van der Waals surface area contributed by atoms with Gasteiger partial charge in [0.2, 0.25) is 0 Å². The van der Waals surface area contributed by atoms with Gasteiger partial charge >= 0.3 is 0 Å². The van der Waals surface area contributed by atoms with Crippen LogP contribution in [0.3, 0.4) is 0 Å². The second-order valence-corrected chi connectivity index (χ2v) is 5.55. The van der Waals surface area contributed by atoms with Crippen molar-refractivity contribution in [1.82, 2.24) is 4.98 Å². The highest BCUT2D eigenvalue weighted by atomic mass is 79.9. The second kappa shape index (κ2) is 3.39. The van der Waals surface area contributed by atoms with E-state index in [4.69, 9.17) is 0 Å². The van der Waals surface area contributed by atoms with E-state index in [1.165, 1.54) is 16.9 Å². The van der Waals surface area contributed by atoms with E-state index in [-0.39, 0.29) is 0 Å². The van der Waals surface area contributed by atoms with Crippen LogP contribution in [-0.4, -0.2) is 18.6 Å². The molecule has 0 aromatic carbocycles. The van der Waals surface area contributed by atoms with Gasteiger partial charge in [0.1, 0.15) is 5.82 Å². The lowest BCUT2D eigenvalue weighted by molar-refractivity contribution is 0.834. The SMILES string of the molecule is CN1CC(c2ccsc2)c2cc(Br)[nH]c21. The Balaban J connectivity index is 2.08. The molecular formula is C11H11BrN2S. The van der Waals surface area contributed by atoms with E-state index in [9.17, 15) is 0 Å². The molecule has 1 aliphatic heterocycles. The van der Waals surface area contributed by atoms with Crippen LogP contribution < -0.4 is 4.90 Å². The third-order valence-corrected chi connectivity index (χ3v) is 4.08. The number of nitrogens with one attached hydrogen (secondary N) is 1. The zero-order chi connectivity index (χ0) is 10.4. The van der Waals surface area contributed by atoms with Gasteiger partial charge in [0.05, 0.1) is 4.60 Å². The van der Waals surface area contributed by atoms with Crippen molar-refractivity contribution in [3.8, 4) is 0 Å². The smallest absolute Gasteiger partial charge is 0.110 e. The predicted molar refractivity (Wildman–Crippen MR) is 67.9 cm³/mol. The molecule has 0 spiro atoms. The molecule has 1 unspecified atom stereocenters. The molecule has 78 valence electrons. The van der Waals surface area contributed by atoms with E-state index >= 15 is 0 Å². The van der Waals surface area contributed by atoms with Crippen molar-refractivity contribution >= 4 is 33.1 Å². The monoisotopic (exact) mass is 282 g/mol. The van der Waals surface area contributed by atoms with Gasteiger partial charge in [-0.25, -0.2) is 0 Å². The van der Waals surface area contributed by atoms with Gasteiger partial charge in [-0.3, -0.25) is 0 Å². The van der Waals surface area contributed by atoms with Crippen molar-refractivity contribution in [1.29, 1.82) is 0 Å². The predicted octanol–water partition coefficient (Wildman–Crippen LogP) is 3.42. The van der Waals surface area contributed by atoms with Gasteiger partial charge in [-0.05, 0) is 44.4 Å². The first-order valence-corrected chi connectivity index (χ1v) is 6.61. The summed E-state index contributed by atoms with van der Waals surface area (Å²) in [6, 6.07) is 4.42. The summed E-state index contributed by atoms with van der Waals surface area (Å²) in [5.74, 6) is 1.77. The van der Waals surface area contributed by atoms with E-state index < -0.39 is 0 Å². The molecule has 0 radical (unpaired) electrons. The molecule has 2 aromatic heterocycles. The number of anilines is 1. The van der Waals surface area contributed by atoms with Gasteiger partial charge in [0, 0.05) is 25.1 Å². The van der Waals surface area contributed by atoms with Crippen LogP contribution >= 0.6 is 27.3 Å². The van der Waals surface area contributed by atoms with Crippen LogP contribution in [0.25, 0.3) is 0 Å². The molecule has 1 aliphatic rings. The lowest BCUT2D eigenvalue weighted by Gasteiger charge is -2.12. The van der Waals surface area contributed by atoms with Crippen LogP contribution in [0.4, 0.5) is 5.82 Å². The minimum absolute atomic E-state index is 0.527. The fourth-order valence-corrected chi connectivity index (χ4v) is 3.38. The van der Waals surface area contributed by atoms with Gasteiger partial charge in [-0.2, -0.15) is 11.3 Å². The number of hydrogen-bond acceptors (Lipinski definition) is 2. The zero-order valence-electron chi connectivity index (χ0n) is 8.33. The summed E-state index contributed by atoms with van der Waals surface area (Å²) in [7, 11) is 2.13. The highest BCUT2D eigenvalue weighted by Gasteiger charge is 2.29. The van der Waals surface area contributed by atoms with Crippen molar-refractivity contribution in [2.45, 2.75) is 5.92 Å². The Kier molecular flexibility index (Phi) is 2.14. The summed E-state index contributed by atoms with van der Waals surface area (Å²) in [6.45, 7) is 1.07. The first-order valence-electron chi connectivity index (χ1n) is 4.87. The van der Waals surface area contributed by atoms with E-state index in [0.29, 0.717) is 5.92 Å². The molecule has 1 atom stereocenters. The zero-order valence-corrected chi connectivity index (χ0v) is 10.7. The number of H-pyrrole nitrogens is 1. The number of hydrogen-bond donors (Lipinski definition) is 1. The number of thiophene rings is 1. The number of likely N-dealkylation sites (N-methyl/N-ethyl adjacent to an activating group) is 1. The van der Waals surface area contributed by atoms with Gasteiger partial charge in [-0.15, -0.1) is 0 Å². The minimum atomic E-state index is 0.527. The number of nitrogens with zero attached hydrogens (tertiary/aromatic N) is 1. The molecule has 3 heterocycles. The highest BCUT2D eigenvalue weighted by molar-refractivity contribution is 9.10. The largest absolute Gasteiger partial charge is 0.360 e. The molecule has 15 heavy (non-hydrogen) atoms. The van der Waals surface area contributed by atoms with Crippen molar-refractivity contribution in [2.75, 3.05) is 18.5 Å². The van der Waals surface area contributed by atoms with Crippen LogP contribution in [0.1, 0.15) is 17.0 Å². The van der Waals surface area contributed by atoms with Crippen LogP contribution in [0, 0.1) is 0 Å². The summed E-state index contributed by atoms with van der Waals surface area (Å²) < 4.78 is 1.07. The first kappa shape index (κ1) is 9.48. The number of halogens is 1. The number of fused-ring (bicyclic) bond motifs is 1. The van der Waals surface area contributed by atoms with Crippen LogP contribution in [0.2, 0.25) is 0 Å². The Hall–Kier alpha value is -0.740. The molecule has 3 rings (SSSR count). The third kappa shape index (κ3) is 1.43. The lowest BCUT2D eigenvalue weighted by Crippen LogP contribution is -2.16. The molecular weight excluding hydrogens is 272 g/mol. The average Bonchev–Trinajstić information content (AvgIpc) is 2.85. The van der Waals surface area contributed by atoms with Crippen molar-refractivity contribution in [3.63, 3.8) is 0 Å². The van der Waals surface area contributed by atoms with Crippen LogP contribution in [-0.2, 0) is 0 Å². The summed E-state index contributed by atoms with van der Waals surface area (Å²) in [5.41, 5.74) is 2.83. The normalized spacial score (nSPS) is 19.6. The van der Waals surface area contributed by atoms with Gasteiger partial charge < -0.3 is 9.88 Å². The van der Waals surface area contributed by atoms with E-state index in [1.807, 2.05) is 0 Å². The van der Waals surface area contributed by atoms with Gasteiger partial charge in [0.25, 0.3) is 0 Å². The molecule has 2 aromatic rings. The summed E-state index contributed by atoms with van der Waals surface area (Å²) in [5, 5.41) is 4.39. The Morgan fingerprint density at radius 3 is 3.20 bits per heavy atom. The maximum Gasteiger partial charge on any atom is 0.110 e. The van der Waals surface area contributed by atoms with E-state index in [1.54, 1.807) is 11.3 Å².